The first-order valence-corrected chi connectivity index (χ1v) is 7.80. The van der Waals surface area contributed by atoms with Crippen molar-refractivity contribution >= 4 is 5.96 Å². The Morgan fingerprint density at radius 1 is 1.04 bits per heavy atom. The van der Waals surface area contributed by atoms with Gasteiger partial charge in [-0.1, -0.05) is 60.2 Å². The van der Waals surface area contributed by atoms with Crippen molar-refractivity contribution in [1.82, 2.24) is 10.6 Å². The van der Waals surface area contributed by atoms with Crippen molar-refractivity contribution < 1.29 is 4.74 Å². The first-order valence-electron chi connectivity index (χ1n) is 7.80. The predicted octanol–water partition coefficient (Wildman–Crippen LogP) is 3.05. The minimum Gasteiger partial charge on any atom is -0.375 e. The van der Waals surface area contributed by atoms with Gasteiger partial charge in [0.15, 0.2) is 5.96 Å². The number of nitrogens with zero attached hydrogens (tertiary/aromatic N) is 1. The Bertz CT molecular complexity index is 608. The van der Waals surface area contributed by atoms with Crippen LogP contribution in [0.1, 0.15) is 22.8 Å². The highest BCUT2D eigenvalue weighted by atomic mass is 16.5. The molecular weight excluding hydrogens is 286 g/mol. The molecule has 0 aliphatic heterocycles. The number of benzene rings is 2. The van der Waals surface area contributed by atoms with E-state index < -0.39 is 0 Å². The number of rotatable bonds is 6. The number of aliphatic imine (C=N–C) groups is 1. The summed E-state index contributed by atoms with van der Waals surface area (Å²) in [4.78, 5) is 4.26. The molecule has 0 aromatic heterocycles. The maximum Gasteiger partial charge on any atom is 0.191 e. The molecule has 0 amide bonds. The lowest BCUT2D eigenvalue weighted by Gasteiger charge is -2.18. The number of nitrogens with one attached hydrogen (secondary N) is 2. The third-order valence-electron chi connectivity index (χ3n) is 3.71. The summed E-state index contributed by atoms with van der Waals surface area (Å²) >= 11 is 0. The van der Waals surface area contributed by atoms with Gasteiger partial charge >= 0.3 is 0 Å². The van der Waals surface area contributed by atoms with E-state index in [0.29, 0.717) is 6.54 Å². The van der Waals surface area contributed by atoms with Crippen molar-refractivity contribution in [2.45, 2.75) is 19.6 Å². The quantitative estimate of drug-likeness (QED) is 0.637. The second kappa shape index (κ2) is 8.96. The van der Waals surface area contributed by atoms with E-state index in [4.69, 9.17) is 4.74 Å². The summed E-state index contributed by atoms with van der Waals surface area (Å²) < 4.78 is 5.56. The lowest BCUT2D eigenvalue weighted by Crippen LogP contribution is -2.39. The van der Waals surface area contributed by atoms with Crippen LogP contribution < -0.4 is 10.6 Å². The molecule has 2 N–H and O–H groups in total. The minimum atomic E-state index is -0.00544. The van der Waals surface area contributed by atoms with Crippen molar-refractivity contribution in [3.05, 3.63) is 71.3 Å². The molecule has 4 heteroatoms. The van der Waals surface area contributed by atoms with Gasteiger partial charge in [-0.3, -0.25) is 4.99 Å². The van der Waals surface area contributed by atoms with Crippen molar-refractivity contribution in [3.8, 4) is 0 Å². The molecule has 0 saturated carbocycles. The predicted molar refractivity (Wildman–Crippen MR) is 95.6 cm³/mol. The fourth-order valence-electron chi connectivity index (χ4n) is 2.31. The van der Waals surface area contributed by atoms with Crippen molar-refractivity contribution in [1.29, 1.82) is 0 Å². The van der Waals surface area contributed by atoms with Gasteiger partial charge in [-0.25, -0.2) is 0 Å². The summed E-state index contributed by atoms with van der Waals surface area (Å²) in [5.74, 6) is 0.767. The van der Waals surface area contributed by atoms with Crippen LogP contribution in [-0.2, 0) is 11.3 Å². The van der Waals surface area contributed by atoms with E-state index in [1.165, 1.54) is 11.1 Å². The fraction of sp³-hybridized carbons (Fsp3) is 0.316. The maximum atomic E-state index is 5.56. The molecule has 0 fully saturated rings. The fourth-order valence-corrected chi connectivity index (χ4v) is 2.31. The highest BCUT2D eigenvalue weighted by molar-refractivity contribution is 5.79. The zero-order chi connectivity index (χ0) is 16.5. The molecule has 2 rings (SSSR count). The molecule has 4 nitrogen and oxygen atoms in total. The normalized spacial score (nSPS) is 12.7. The molecule has 122 valence electrons. The van der Waals surface area contributed by atoms with Crippen LogP contribution in [0.4, 0.5) is 0 Å². The molecule has 0 spiro atoms. The highest BCUT2D eigenvalue weighted by Gasteiger charge is 2.10. The van der Waals surface area contributed by atoms with Gasteiger partial charge in [0.2, 0.25) is 0 Å². The summed E-state index contributed by atoms with van der Waals surface area (Å²) in [6.45, 7) is 3.49. The molecule has 0 heterocycles. The summed E-state index contributed by atoms with van der Waals surface area (Å²) in [5, 5.41) is 6.63. The number of guanidine groups is 1. The van der Waals surface area contributed by atoms with E-state index in [2.05, 4.69) is 58.9 Å². The van der Waals surface area contributed by atoms with E-state index in [9.17, 15) is 0 Å². The van der Waals surface area contributed by atoms with Crippen LogP contribution in [0.5, 0.6) is 0 Å². The second-order valence-corrected chi connectivity index (χ2v) is 5.43. The molecule has 0 aliphatic carbocycles. The Morgan fingerprint density at radius 3 is 2.35 bits per heavy atom. The second-order valence-electron chi connectivity index (χ2n) is 5.43. The topological polar surface area (TPSA) is 45.7 Å². The van der Waals surface area contributed by atoms with Crippen LogP contribution in [0, 0.1) is 6.92 Å². The van der Waals surface area contributed by atoms with Crippen LogP contribution in [0.2, 0.25) is 0 Å². The van der Waals surface area contributed by atoms with E-state index in [1.807, 2.05) is 18.2 Å². The zero-order valence-corrected chi connectivity index (χ0v) is 14.0. The molecule has 0 radical (unpaired) electrons. The summed E-state index contributed by atoms with van der Waals surface area (Å²) in [6.07, 6.45) is -0.00544. The molecule has 23 heavy (non-hydrogen) atoms. The van der Waals surface area contributed by atoms with Crippen LogP contribution >= 0.6 is 0 Å². The Hall–Kier alpha value is -2.33. The van der Waals surface area contributed by atoms with Crippen molar-refractivity contribution in [2.24, 2.45) is 4.99 Å². The standard InChI is InChI=1S/C19H25N3O/c1-15-9-11-16(12-10-15)13-21-19(20-2)22-14-18(23-3)17-7-5-4-6-8-17/h4-12,18H,13-14H2,1-3H3,(H2,20,21,22). The van der Waals surface area contributed by atoms with Gasteiger partial charge in [-0.2, -0.15) is 0 Å². The average molecular weight is 311 g/mol. The zero-order valence-electron chi connectivity index (χ0n) is 14.0. The summed E-state index contributed by atoms with van der Waals surface area (Å²) in [6, 6.07) is 18.7. The number of ether oxygens (including phenoxy) is 1. The third kappa shape index (κ3) is 5.42. The van der Waals surface area contributed by atoms with Crippen LogP contribution in [-0.4, -0.2) is 26.7 Å². The van der Waals surface area contributed by atoms with E-state index in [0.717, 1.165) is 18.1 Å². The van der Waals surface area contributed by atoms with Gasteiger partial charge in [0.25, 0.3) is 0 Å². The molecule has 2 aromatic rings. The number of hydrogen-bond donors (Lipinski definition) is 2. The Morgan fingerprint density at radius 2 is 1.74 bits per heavy atom. The largest absolute Gasteiger partial charge is 0.375 e. The molecule has 0 saturated heterocycles. The Kier molecular flexibility index (Phi) is 6.63. The van der Waals surface area contributed by atoms with E-state index in [1.54, 1.807) is 14.2 Å². The average Bonchev–Trinajstić information content (AvgIpc) is 2.60. The van der Waals surface area contributed by atoms with Gasteiger partial charge in [0.05, 0.1) is 6.10 Å². The molecular formula is C19H25N3O. The molecule has 0 bridgehead atoms. The highest BCUT2D eigenvalue weighted by Crippen LogP contribution is 2.14. The van der Waals surface area contributed by atoms with Gasteiger partial charge < -0.3 is 15.4 Å². The minimum absolute atomic E-state index is 0.00544. The SMILES string of the molecule is CN=C(NCc1ccc(C)cc1)NCC(OC)c1ccccc1. The van der Waals surface area contributed by atoms with Gasteiger partial charge in [0, 0.05) is 27.2 Å². The van der Waals surface area contributed by atoms with Gasteiger partial charge in [0.1, 0.15) is 0 Å². The number of methoxy groups -OCH3 is 1. The number of aryl methyl sites for hydroxylation is 1. The summed E-state index contributed by atoms with van der Waals surface area (Å²) in [7, 11) is 3.50. The first-order chi connectivity index (χ1) is 11.2. The van der Waals surface area contributed by atoms with E-state index >= 15 is 0 Å². The van der Waals surface area contributed by atoms with Crippen LogP contribution in [0.25, 0.3) is 0 Å². The first kappa shape index (κ1) is 17.0. The van der Waals surface area contributed by atoms with E-state index in [-0.39, 0.29) is 6.10 Å². The molecule has 0 aliphatic rings. The Labute approximate surface area is 138 Å². The van der Waals surface area contributed by atoms with Crippen molar-refractivity contribution in [2.75, 3.05) is 20.7 Å². The van der Waals surface area contributed by atoms with Crippen molar-refractivity contribution in [3.63, 3.8) is 0 Å². The molecule has 1 atom stereocenters. The smallest absolute Gasteiger partial charge is 0.191 e. The molecule has 2 aromatic carbocycles. The van der Waals surface area contributed by atoms with Crippen LogP contribution in [0.15, 0.2) is 59.6 Å². The van der Waals surface area contributed by atoms with Crippen LogP contribution in [0.3, 0.4) is 0 Å². The number of hydrogen-bond acceptors (Lipinski definition) is 2. The lowest BCUT2D eigenvalue weighted by molar-refractivity contribution is 0.106. The van der Waals surface area contributed by atoms with Gasteiger partial charge in [-0.05, 0) is 18.1 Å². The monoisotopic (exact) mass is 311 g/mol. The third-order valence-corrected chi connectivity index (χ3v) is 3.71. The summed E-state index contributed by atoms with van der Waals surface area (Å²) in [5.41, 5.74) is 3.64. The maximum absolute atomic E-state index is 5.56. The molecule has 1 unspecified atom stereocenters. The lowest BCUT2D eigenvalue weighted by atomic mass is 10.1. The van der Waals surface area contributed by atoms with Gasteiger partial charge in [-0.15, -0.1) is 0 Å². The Balaban J connectivity index is 1.85.